The van der Waals surface area contributed by atoms with Gasteiger partial charge in [-0.3, -0.25) is 4.99 Å². The molecule has 0 saturated carbocycles. The molecule has 0 heterocycles. The molecule has 0 saturated heterocycles. The van der Waals surface area contributed by atoms with E-state index in [2.05, 4.69) is 36.9 Å². The Morgan fingerprint density at radius 1 is 1.16 bits per heavy atom. The molecule has 98 valence electrons. The lowest BCUT2D eigenvalue weighted by Crippen LogP contribution is -1.84. The molecule has 0 atom stereocenters. The lowest BCUT2D eigenvalue weighted by Gasteiger charge is -2.03. The van der Waals surface area contributed by atoms with Crippen molar-refractivity contribution < 1.29 is 5.11 Å². The summed E-state index contributed by atoms with van der Waals surface area (Å²) >= 11 is 18.6. The quantitative estimate of drug-likeness (QED) is 0.592. The number of hydrogen-bond acceptors (Lipinski definition) is 2. The van der Waals surface area contributed by atoms with Gasteiger partial charge in [-0.15, -0.1) is 0 Å². The van der Waals surface area contributed by atoms with Gasteiger partial charge >= 0.3 is 0 Å². The Morgan fingerprint density at radius 3 is 2.63 bits per heavy atom. The van der Waals surface area contributed by atoms with Crippen LogP contribution < -0.4 is 0 Å². The molecular weight excluding hydrogens is 417 g/mol. The van der Waals surface area contributed by atoms with Gasteiger partial charge in [-0.1, -0.05) is 45.2 Å². The van der Waals surface area contributed by atoms with Crippen LogP contribution in [0.5, 0.6) is 5.75 Å². The number of aromatic hydroxyl groups is 1. The summed E-state index contributed by atoms with van der Waals surface area (Å²) < 4.78 is 1.41. The molecule has 0 aliphatic carbocycles. The highest BCUT2D eigenvalue weighted by Crippen LogP contribution is 2.33. The second kappa shape index (κ2) is 6.27. The Kier molecular flexibility index (Phi) is 4.90. The number of benzene rings is 2. The molecule has 0 amide bonds. The molecule has 1 N–H and O–H groups in total. The van der Waals surface area contributed by atoms with Gasteiger partial charge in [-0.25, -0.2) is 0 Å². The van der Waals surface area contributed by atoms with Crippen LogP contribution in [-0.2, 0) is 0 Å². The summed E-state index contributed by atoms with van der Waals surface area (Å²) in [4.78, 5) is 4.24. The van der Waals surface area contributed by atoms with Crippen LogP contribution in [0.25, 0.3) is 0 Å². The van der Waals surface area contributed by atoms with Crippen molar-refractivity contribution in [2.24, 2.45) is 4.99 Å². The van der Waals surface area contributed by atoms with Gasteiger partial charge in [-0.05, 0) is 40.2 Å². The molecule has 0 bridgehead atoms. The Morgan fingerprint density at radius 2 is 1.89 bits per heavy atom. The molecule has 0 unspecified atom stereocenters. The Bertz CT molecular complexity index is 659. The first-order valence-electron chi connectivity index (χ1n) is 5.15. The van der Waals surface area contributed by atoms with Crippen molar-refractivity contribution in [3.8, 4) is 5.75 Å². The van der Waals surface area contributed by atoms with Crippen LogP contribution in [-0.4, -0.2) is 11.3 Å². The Hall–Kier alpha value is -0.550. The second-order valence-electron chi connectivity index (χ2n) is 3.66. The maximum absolute atomic E-state index is 9.91. The lowest BCUT2D eigenvalue weighted by atomic mass is 10.2. The summed E-state index contributed by atoms with van der Waals surface area (Å²) in [7, 11) is 0. The van der Waals surface area contributed by atoms with Gasteiger partial charge in [0.1, 0.15) is 5.75 Å². The van der Waals surface area contributed by atoms with Gasteiger partial charge < -0.3 is 5.11 Å². The van der Waals surface area contributed by atoms with Crippen molar-refractivity contribution in [2.75, 3.05) is 0 Å². The number of hydrogen-bond donors (Lipinski definition) is 1. The molecule has 0 aromatic heterocycles. The molecule has 0 radical (unpaired) electrons. The van der Waals surface area contributed by atoms with Crippen LogP contribution in [0.3, 0.4) is 0 Å². The van der Waals surface area contributed by atoms with E-state index in [1.54, 1.807) is 30.3 Å². The summed E-state index contributed by atoms with van der Waals surface area (Å²) in [6.07, 6.45) is 1.53. The van der Waals surface area contributed by atoms with Crippen molar-refractivity contribution in [3.05, 3.63) is 54.9 Å². The molecule has 0 aliphatic rings. The maximum atomic E-state index is 9.91. The number of phenolic OH excluding ortho intramolecular Hbond substituents is 1. The number of rotatable bonds is 2. The molecule has 2 aromatic carbocycles. The van der Waals surface area contributed by atoms with Crippen LogP contribution in [0.2, 0.25) is 10.0 Å². The molecule has 2 nitrogen and oxygen atoms in total. The molecule has 0 spiro atoms. The van der Waals surface area contributed by atoms with Crippen LogP contribution in [0, 0.1) is 0 Å². The van der Waals surface area contributed by atoms with Gasteiger partial charge in [0.25, 0.3) is 0 Å². The zero-order chi connectivity index (χ0) is 14.0. The minimum atomic E-state index is 0.116. The largest absolute Gasteiger partial charge is 0.506 e. The minimum absolute atomic E-state index is 0.116. The summed E-state index contributed by atoms with van der Waals surface area (Å²) in [6.45, 7) is 0. The van der Waals surface area contributed by atoms with Crippen LogP contribution in [0.4, 0.5) is 5.69 Å². The average Bonchev–Trinajstić information content (AvgIpc) is 2.36. The van der Waals surface area contributed by atoms with Crippen molar-refractivity contribution >= 4 is 67.0 Å². The zero-order valence-electron chi connectivity index (χ0n) is 9.37. The SMILES string of the molecule is Oc1c(Br)cc(Br)cc1C=Nc1cccc(Cl)c1Cl. The fourth-order valence-corrected chi connectivity index (χ4v) is 3.02. The van der Waals surface area contributed by atoms with E-state index in [1.807, 2.05) is 0 Å². The van der Waals surface area contributed by atoms with Crippen molar-refractivity contribution in [1.29, 1.82) is 0 Å². The third kappa shape index (κ3) is 3.51. The Balaban J connectivity index is 2.41. The summed E-state index contributed by atoms with van der Waals surface area (Å²) in [5.41, 5.74) is 1.11. The van der Waals surface area contributed by atoms with E-state index in [0.29, 0.717) is 25.8 Å². The van der Waals surface area contributed by atoms with E-state index < -0.39 is 0 Å². The molecule has 19 heavy (non-hydrogen) atoms. The van der Waals surface area contributed by atoms with Crippen molar-refractivity contribution in [1.82, 2.24) is 0 Å². The predicted molar refractivity (Wildman–Crippen MR) is 87.2 cm³/mol. The Labute approximate surface area is 137 Å². The number of halogens is 4. The zero-order valence-corrected chi connectivity index (χ0v) is 14.1. The molecule has 0 fully saturated rings. The molecule has 6 heteroatoms. The highest BCUT2D eigenvalue weighted by molar-refractivity contribution is 9.11. The average molecular weight is 424 g/mol. The fourth-order valence-electron chi connectivity index (χ4n) is 1.42. The van der Waals surface area contributed by atoms with Gasteiger partial charge in [0.2, 0.25) is 0 Å². The summed E-state index contributed by atoms with van der Waals surface area (Å²) in [5.74, 6) is 0.116. The highest BCUT2D eigenvalue weighted by atomic mass is 79.9. The van der Waals surface area contributed by atoms with Gasteiger partial charge in [0, 0.05) is 16.3 Å². The highest BCUT2D eigenvalue weighted by Gasteiger charge is 2.06. The number of aliphatic imine (C=N–C) groups is 1. The smallest absolute Gasteiger partial charge is 0.138 e. The normalized spacial score (nSPS) is 11.2. The topological polar surface area (TPSA) is 32.6 Å². The van der Waals surface area contributed by atoms with Crippen molar-refractivity contribution in [2.45, 2.75) is 0 Å². The third-order valence-electron chi connectivity index (χ3n) is 2.33. The number of nitrogens with zero attached hydrogens (tertiary/aromatic N) is 1. The van der Waals surface area contributed by atoms with Gasteiger partial charge in [-0.2, -0.15) is 0 Å². The van der Waals surface area contributed by atoms with Crippen LogP contribution in [0.1, 0.15) is 5.56 Å². The van der Waals surface area contributed by atoms with E-state index >= 15 is 0 Å². The standard InChI is InChI=1S/C13H7Br2Cl2NO/c14-8-4-7(13(19)9(15)5-8)6-18-11-3-1-2-10(16)12(11)17/h1-6,19H. The first-order valence-corrected chi connectivity index (χ1v) is 7.49. The van der Waals surface area contributed by atoms with E-state index in [-0.39, 0.29) is 5.75 Å². The van der Waals surface area contributed by atoms with Gasteiger partial charge in [0.05, 0.1) is 20.2 Å². The molecule has 0 aliphatic heterocycles. The summed E-state index contributed by atoms with van der Waals surface area (Å²) in [6, 6.07) is 8.70. The monoisotopic (exact) mass is 421 g/mol. The van der Waals surface area contributed by atoms with Gasteiger partial charge in [0.15, 0.2) is 0 Å². The van der Waals surface area contributed by atoms with E-state index in [1.165, 1.54) is 6.21 Å². The maximum Gasteiger partial charge on any atom is 0.138 e. The first kappa shape index (κ1) is 14.9. The molecular formula is C13H7Br2Cl2NO. The fraction of sp³-hybridized carbons (Fsp3) is 0. The van der Waals surface area contributed by atoms with E-state index in [9.17, 15) is 5.11 Å². The van der Waals surface area contributed by atoms with E-state index in [0.717, 1.165) is 4.47 Å². The molecule has 2 aromatic rings. The van der Waals surface area contributed by atoms with Crippen LogP contribution in [0.15, 0.2) is 44.3 Å². The second-order valence-corrected chi connectivity index (χ2v) is 6.21. The van der Waals surface area contributed by atoms with E-state index in [4.69, 9.17) is 23.2 Å². The third-order valence-corrected chi connectivity index (χ3v) is 4.20. The van der Waals surface area contributed by atoms with Crippen molar-refractivity contribution in [3.63, 3.8) is 0 Å². The summed E-state index contributed by atoms with van der Waals surface area (Å²) in [5, 5.41) is 10.7. The predicted octanol–water partition coefficient (Wildman–Crippen LogP) is 5.97. The number of phenols is 1. The molecule has 2 rings (SSSR count). The minimum Gasteiger partial charge on any atom is -0.506 e. The van der Waals surface area contributed by atoms with Crippen LogP contribution >= 0.6 is 55.1 Å². The lowest BCUT2D eigenvalue weighted by molar-refractivity contribution is 0.471. The first-order chi connectivity index (χ1) is 8.99.